The number of halogens is 1. The van der Waals surface area contributed by atoms with Gasteiger partial charge >= 0.3 is 6.09 Å². The van der Waals surface area contributed by atoms with Crippen LogP contribution in [0.25, 0.3) is 0 Å². The molecule has 0 atom stereocenters. The maximum atomic E-state index is 11.7. The summed E-state index contributed by atoms with van der Waals surface area (Å²) in [6, 6.07) is 4.91. The average Bonchev–Trinajstić information content (AvgIpc) is 2.35. The quantitative estimate of drug-likeness (QED) is 0.606. The summed E-state index contributed by atoms with van der Waals surface area (Å²) in [5.74, 6) is 0. The van der Waals surface area contributed by atoms with Gasteiger partial charge in [-0.25, -0.2) is 4.79 Å². The normalized spacial score (nSPS) is 20.3. The van der Waals surface area contributed by atoms with Crippen LogP contribution < -0.4 is 10.6 Å². The Labute approximate surface area is 143 Å². The molecule has 0 bridgehead atoms. The molecule has 7 nitrogen and oxygen atoms in total. The van der Waals surface area contributed by atoms with Gasteiger partial charge in [0.1, 0.15) is 5.60 Å². The van der Waals surface area contributed by atoms with Gasteiger partial charge in [0.05, 0.1) is 4.92 Å². The summed E-state index contributed by atoms with van der Waals surface area (Å²) >= 11 is 3.33. The molecule has 0 unspecified atom stereocenters. The van der Waals surface area contributed by atoms with Crippen molar-refractivity contribution in [2.45, 2.75) is 51.3 Å². The third-order valence-electron chi connectivity index (χ3n) is 3.38. The maximum Gasteiger partial charge on any atom is 0.407 e. The van der Waals surface area contributed by atoms with Crippen molar-refractivity contribution in [3.8, 4) is 0 Å². The lowest BCUT2D eigenvalue weighted by atomic mass is 9.86. The van der Waals surface area contributed by atoms with Crippen LogP contribution in [0.4, 0.5) is 16.2 Å². The molecule has 0 heterocycles. The number of nitro benzene ring substituents is 1. The Kier molecular flexibility index (Phi) is 5.13. The Morgan fingerprint density at radius 1 is 1.35 bits per heavy atom. The molecule has 0 spiro atoms. The molecule has 1 fully saturated rings. The van der Waals surface area contributed by atoms with Gasteiger partial charge in [-0.05, 0) is 55.6 Å². The minimum atomic E-state index is -0.505. The van der Waals surface area contributed by atoms with E-state index in [1.807, 2.05) is 20.8 Å². The molecular weight excluding hydrogens is 366 g/mol. The highest BCUT2D eigenvalue weighted by molar-refractivity contribution is 9.10. The van der Waals surface area contributed by atoms with E-state index in [9.17, 15) is 14.9 Å². The number of rotatable bonds is 4. The van der Waals surface area contributed by atoms with E-state index < -0.39 is 16.6 Å². The number of benzene rings is 1. The number of alkyl carbamates (subject to hydrolysis) is 1. The van der Waals surface area contributed by atoms with E-state index in [2.05, 4.69) is 26.6 Å². The minimum Gasteiger partial charge on any atom is -0.444 e. The number of hydrogen-bond donors (Lipinski definition) is 2. The monoisotopic (exact) mass is 385 g/mol. The third kappa shape index (κ3) is 5.09. The van der Waals surface area contributed by atoms with Crippen molar-refractivity contribution in [2.24, 2.45) is 0 Å². The average molecular weight is 386 g/mol. The maximum absolute atomic E-state index is 11.7. The van der Waals surface area contributed by atoms with Crippen LogP contribution in [0.15, 0.2) is 22.7 Å². The van der Waals surface area contributed by atoms with Crippen LogP contribution in [0.3, 0.4) is 0 Å². The van der Waals surface area contributed by atoms with Crippen LogP contribution in [0.2, 0.25) is 0 Å². The van der Waals surface area contributed by atoms with Gasteiger partial charge in [-0.3, -0.25) is 10.1 Å². The van der Waals surface area contributed by atoms with Gasteiger partial charge < -0.3 is 15.4 Å². The first-order chi connectivity index (χ1) is 10.6. The second-order valence-corrected chi connectivity index (χ2v) is 7.43. The van der Waals surface area contributed by atoms with E-state index in [1.54, 1.807) is 6.07 Å². The van der Waals surface area contributed by atoms with E-state index in [1.165, 1.54) is 12.1 Å². The molecule has 0 aliphatic heterocycles. The zero-order valence-electron chi connectivity index (χ0n) is 13.3. The molecule has 2 N–H and O–H groups in total. The fourth-order valence-electron chi connectivity index (χ4n) is 2.28. The topological polar surface area (TPSA) is 93.5 Å². The number of hydrogen-bond acceptors (Lipinski definition) is 5. The molecule has 1 amide bonds. The lowest BCUT2D eigenvalue weighted by Crippen LogP contribution is -2.50. The third-order valence-corrected chi connectivity index (χ3v) is 4.04. The predicted octanol–water partition coefficient (Wildman–Crippen LogP) is 3.82. The number of nitro groups is 1. The van der Waals surface area contributed by atoms with Crippen molar-refractivity contribution in [1.29, 1.82) is 0 Å². The number of non-ortho nitro benzene ring substituents is 1. The van der Waals surface area contributed by atoms with E-state index in [-0.39, 0.29) is 17.8 Å². The van der Waals surface area contributed by atoms with Crippen molar-refractivity contribution in [2.75, 3.05) is 5.32 Å². The number of nitrogens with zero attached hydrogens (tertiary/aromatic N) is 1. The van der Waals surface area contributed by atoms with Gasteiger partial charge in [0.15, 0.2) is 0 Å². The van der Waals surface area contributed by atoms with Gasteiger partial charge in [0.25, 0.3) is 5.69 Å². The van der Waals surface area contributed by atoms with E-state index in [0.717, 1.165) is 18.5 Å². The highest BCUT2D eigenvalue weighted by Crippen LogP contribution is 2.31. The summed E-state index contributed by atoms with van der Waals surface area (Å²) in [5, 5.41) is 16.8. The summed E-state index contributed by atoms with van der Waals surface area (Å²) in [7, 11) is 0. The molecule has 2 rings (SSSR count). The molecule has 0 radical (unpaired) electrons. The smallest absolute Gasteiger partial charge is 0.407 e. The number of anilines is 1. The van der Waals surface area contributed by atoms with Crippen molar-refractivity contribution in [1.82, 2.24) is 5.32 Å². The van der Waals surface area contributed by atoms with Crippen LogP contribution in [0.1, 0.15) is 33.6 Å². The lowest BCUT2D eigenvalue weighted by Gasteiger charge is -2.37. The van der Waals surface area contributed by atoms with Crippen LogP contribution in [0, 0.1) is 10.1 Å². The first kappa shape index (κ1) is 17.5. The Bertz CT molecular complexity index is 609. The van der Waals surface area contributed by atoms with E-state index in [0.29, 0.717) is 4.47 Å². The molecule has 8 heteroatoms. The van der Waals surface area contributed by atoms with E-state index >= 15 is 0 Å². The van der Waals surface area contributed by atoms with Crippen LogP contribution >= 0.6 is 15.9 Å². The van der Waals surface area contributed by atoms with Crippen LogP contribution in [0.5, 0.6) is 0 Å². The number of ether oxygens (including phenoxy) is 1. The zero-order valence-corrected chi connectivity index (χ0v) is 14.8. The predicted molar refractivity (Wildman–Crippen MR) is 90.6 cm³/mol. The number of nitrogens with one attached hydrogen (secondary N) is 2. The lowest BCUT2D eigenvalue weighted by molar-refractivity contribution is -0.384. The van der Waals surface area contributed by atoms with Gasteiger partial charge in [-0.2, -0.15) is 0 Å². The summed E-state index contributed by atoms with van der Waals surface area (Å²) in [6.45, 7) is 5.47. The first-order valence-corrected chi connectivity index (χ1v) is 8.13. The van der Waals surface area contributed by atoms with Crippen LogP contribution in [-0.2, 0) is 4.74 Å². The van der Waals surface area contributed by atoms with Gasteiger partial charge in [-0.1, -0.05) is 0 Å². The largest absolute Gasteiger partial charge is 0.444 e. The number of carbonyl (C=O) groups excluding carboxylic acids is 1. The van der Waals surface area contributed by atoms with Crippen LogP contribution in [-0.4, -0.2) is 28.7 Å². The second kappa shape index (κ2) is 6.74. The molecular formula is C15H20BrN3O4. The highest BCUT2D eigenvalue weighted by atomic mass is 79.9. The number of carbonyl (C=O) groups is 1. The standard InChI is InChI=1S/C15H20BrN3O4/c1-15(2,3)23-14(20)18-10-6-9(7-10)17-13-5-4-11(19(21)22)8-12(13)16/h4-5,8-10,17H,6-7H2,1-3H3,(H,18,20). The van der Waals surface area contributed by atoms with Crippen molar-refractivity contribution >= 4 is 33.4 Å². The van der Waals surface area contributed by atoms with Crippen molar-refractivity contribution in [3.05, 3.63) is 32.8 Å². The molecule has 23 heavy (non-hydrogen) atoms. The summed E-state index contributed by atoms with van der Waals surface area (Å²) in [6.07, 6.45) is 1.16. The fraction of sp³-hybridized carbons (Fsp3) is 0.533. The van der Waals surface area contributed by atoms with E-state index in [4.69, 9.17) is 4.74 Å². The molecule has 1 aliphatic rings. The van der Waals surface area contributed by atoms with Gasteiger partial charge in [-0.15, -0.1) is 0 Å². The highest BCUT2D eigenvalue weighted by Gasteiger charge is 2.32. The zero-order chi connectivity index (χ0) is 17.2. The minimum absolute atomic E-state index is 0.0421. The van der Waals surface area contributed by atoms with Gasteiger partial charge in [0.2, 0.25) is 0 Å². The number of amides is 1. The molecule has 0 saturated heterocycles. The molecule has 1 saturated carbocycles. The molecule has 0 aromatic heterocycles. The summed E-state index contributed by atoms with van der Waals surface area (Å²) < 4.78 is 5.86. The Morgan fingerprint density at radius 3 is 2.52 bits per heavy atom. The fourth-order valence-corrected chi connectivity index (χ4v) is 2.76. The SMILES string of the molecule is CC(C)(C)OC(=O)NC1CC(Nc2ccc([N+](=O)[O-])cc2Br)C1. The molecule has 126 valence electrons. The first-order valence-electron chi connectivity index (χ1n) is 7.34. The molecule has 1 aliphatic carbocycles. The van der Waals surface area contributed by atoms with Gasteiger partial charge in [0, 0.05) is 34.4 Å². The summed E-state index contributed by atoms with van der Waals surface area (Å²) in [4.78, 5) is 21.9. The second-order valence-electron chi connectivity index (χ2n) is 6.58. The van der Waals surface area contributed by atoms with Crippen molar-refractivity contribution in [3.63, 3.8) is 0 Å². The summed E-state index contributed by atoms with van der Waals surface area (Å²) in [5.41, 5.74) is 0.339. The molecule has 1 aromatic rings. The molecule has 1 aromatic carbocycles. The Balaban J connectivity index is 1.80. The Morgan fingerprint density at radius 2 is 2.00 bits per heavy atom. The Hall–Kier alpha value is -1.83. The van der Waals surface area contributed by atoms with Crippen molar-refractivity contribution < 1.29 is 14.5 Å².